The lowest BCUT2D eigenvalue weighted by Gasteiger charge is -2.37. The Morgan fingerprint density at radius 3 is 2.05 bits per heavy atom. The molecule has 1 saturated carbocycles. The van der Waals surface area contributed by atoms with Crippen LogP contribution in [-0.2, 0) is 22.7 Å². The van der Waals surface area contributed by atoms with Gasteiger partial charge in [-0.15, -0.1) is 0 Å². The molecule has 3 aromatic rings. The largest absolute Gasteiger partial charge is 0.412 e. The lowest BCUT2D eigenvalue weighted by atomic mass is 9.69. The van der Waals surface area contributed by atoms with Crippen molar-refractivity contribution in [1.29, 1.82) is 0 Å². The molecule has 0 aliphatic heterocycles. The Bertz CT molecular complexity index is 1260. The SMILES string of the molecule is CCc1cncc(-c2ccc(C(CC)(CC)c3ccc(CCC4(O[Si](C)(C)C)CCCC4)c(C)c3)cc2C)c1. The van der Waals surface area contributed by atoms with Gasteiger partial charge in [-0.2, -0.15) is 0 Å². The first-order chi connectivity index (χ1) is 18.5. The lowest BCUT2D eigenvalue weighted by Crippen LogP contribution is -2.41. The van der Waals surface area contributed by atoms with Crippen LogP contribution in [0.2, 0.25) is 19.6 Å². The van der Waals surface area contributed by atoms with E-state index >= 15 is 0 Å². The van der Waals surface area contributed by atoms with Gasteiger partial charge in [0, 0.05) is 23.4 Å². The Balaban J connectivity index is 1.61. The monoisotopic (exact) mass is 541 g/mol. The van der Waals surface area contributed by atoms with E-state index in [4.69, 9.17) is 4.43 Å². The highest BCUT2D eigenvalue weighted by atomic mass is 28.4. The molecule has 39 heavy (non-hydrogen) atoms. The van der Waals surface area contributed by atoms with Crippen molar-refractivity contribution >= 4 is 8.32 Å². The van der Waals surface area contributed by atoms with E-state index in [9.17, 15) is 0 Å². The minimum Gasteiger partial charge on any atom is -0.412 e. The number of aromatic nitrogens is 1. The second-order valence-electron chi connectivity index (χ2n) is 13.0. The van der Waals surface area contributed by atoms with Crippen LogP contribution in [0.5, 0.6) is 0 Å². The number of nitrogens with zero attached hydrogens (tertiary/aromatic N) is 1. The molecule has 1 fully saturated rings. The Hall–Kier alpha value is -2.23. The van der Waals surface area contributed by atoms with Crippen molar-refractivity contribution in [1.82, 2.24) is 4.98 Å². The highest BCUT2D eigenvalue weighted by molar-refractivity contribution is 6.69. The van der Waals surface area contributed by atoms with E-state index in [1.54, 1.807) is 0 Å². The molecule has 3 heteroatoms. The molecule has 2 nitrogen and oxygen atoms in total. The van der Waals surface area contributed by atoms with Crippen molar-refractivity contribution in [2.45, 2.75) is 123 Å². The fraction of sp³-hybridized carbons (Fsp3) is 0.528. The third-order valence-electron chi connectivity index (χ3n) is 9.28. The van der Waals surface area contributed by atoms with Gasteiger partial charge >= 0.3 is 0 Å². The molecule has 210 valence electrons. The summed E-state index contributed by atoms with van der Waals surface area (Å²) in [6.45, 7) is 18.5. The van der Waals surface area contributed by atoms with E-state index in [2.05, 4.69) is 102 Å². The van der Waals surface area contributed by atoms with Crippen LogP contribution in [0, 0.1) is 13.8 Å². The van der Waals surface area contributed by atoms with E-state index < -0.39 is 8.32 Å². The second kappa shape index (κ2) is 12.1. The van der Waals surface area contributed by atoms with E-state index in [1.165, 1.54) is 70.2 Å². The zero-order valence-electron chi connectivity index (χ0n) is 25.9. The Morgan fingerprint density at radius 1 is 0.846 bits per heavy atom. The minimum atomic E-state index is -1.57. The molecule has 0 atom stereocenters. The van der Waals surface area contributed by atoms with E-state index in [0.29, 0.717) is 0 Å². The Morgan fingerprint density at radius 2 is 1.49 bits per heavy atom. The predicted octanol–water partition coefficient (Wildman–Crippen LogP) is 10.1. The van der Waals surface area contributed by atoms with E-state index in [0.717, 1.165) is 32.1 Å². The van der Waals surface area contributed by atoms with Gasteiger partial charge in [0.15, 0.2) is 8.32 Å². The molecule has 0 N–H and O–H groups in total. The minimum absolute atomic E-state index is 0.0176. The summed E-state index contributed by atoms with van der Waals surface area (Å²) in [6, 6.07) is 16.7. The predicted molar refractivity (Wildman–Crippen MR) is 170 cm³/mol. The number of pyridine rings is 1. The molecule has 0 unspecified atom stereocenters. The van der Waals surface area contributed by atoms with Gasteiger partial charge in [-0.05, 0) is 123 Å². The van der Waals surface area contributed by atoms with Crippen molar-refractivity contribution in [3.05, 3.63) is 88.2 Å². The van der Waals surface area contributed by atoms with Crippen LogP contribution in [0.1, 0.15) is 99.1 Å². The van der Waals surface area contributed by atoms with E-state index in [-0.39, 0.29) is 11.0 Å². The molecule has 1 aliphatic rings. The van der Waals surface area contributed by atoms with E-state index in [1.807, 2.05) is 12.4 Å². The highest BCUT2D eigenvalue weighted by Gasteiger charge is 2.38. The van der Waals surface area contributed by atoms with Crippen LogP contribution in [0.3, 0.4) is 0 Å². The normalized spacial score (nSPS) is 15.6. The zero-order chi connectivity index (χ0) is 28.3. The lowest BCUT2D eigenvalue weighted by molar-refractivity contribution is 0.0589. The van der Waals surface area contributed by atoms with Crippen molar-refractivity contribution in [3.63, 3.8) is 0 Å². The number of hydrogen-bond acceptors (Lipinski definition) is 2. The van der Waals surface area contributed by atoms with Gasteiger partial charge in [0.25, 0.3) is 0 Å². The quantitative estimate of drug-likeness (QED) is 0.225. The highest BCUT2D eigenvalue weighted by Crippen LogP contribution is 2.42. The van der Waals surface area contributed by atoms with Crippen molar-refractivity contribution in [3.8, 4) is 11.1 Å². The van der Waals surface area contributed by atoms with Gasteiger partial charge in [-0.3, -0.25) is 4.98 Å². The van der Waals surface area contributed by atoms with Crippen LogP contribution in [0.15, 0.2) is 54.9 Å². The van der Waals surface area contributed by atoms with Gasteiger partial charge < -0.3 is 4.43 Å². The fourth-order valence-corrected chi connectivity index (χ4v) is 8.66. The molecule has 0 amide bonds. The maximum atomic E-state index is 6.82. The standard InChI is InChI=1S/C36H51NOSi/c1-9-29-24-31(26-37-25-29)34-17-16-33(23-28(34)5)36(10-2,11-3)32-15-14-30(27(4)22-32)18-21-35(19-12-13-20-35)38-39(6,7)8/h14-17,22-26H,9-13,18-21H2,1-8H3. The second-order valence-corrected chi connectivity index (χ2v) is 17.4. The van der Waals surface area contributed by atoms with Crippen LogP contribution in [-0.4, -0.2) is 18.9 Å². The third-order valence-corrected chi connectivity index (χ3v) is 10.3. The fourth-order valence-electron chi connectivity index (χ4n) is 7.06. The number of hydrogen-bond donors (Lipinski definition) is 0. The van der Waals surface area contributed by atoms with Crippen molar-refractivity contribution < 1.29 is 4.43 Å². The molecule has 0 saturated heterocycles. The summed E-state index contributed by atoms with van der Waals surface area (Å²) in [6.07, 6.45) is 14.5. The molecule has 1 heterocycles. The molecule has 2 aromatic carbocycles. The first kappa shape index (κ1) is 29.7. The maximum Gasteiger partial charge on any atom is 0.184 e. The van der Waals surface area contributed by atoms with Gasteiger partial charge in [-0.25, -0.2) is 0 Å². The van der Waals surface area contributed by atoms with Crippen LogP contribution >= 0.6 is 0 Å². The molecule has 0 bridgehead atoms. The first-order valence-electron chi connectivity index (χ1n) is 15.4. The molecular weight excluding hydrogens is 490 g/mol. The topological polar surface area (TPSA) is 22.1 Å². The Kier molecular flexibility index (Phi) is 9.23. The smallest absolute Gasteiger partial charge is 0.184 e. The molecule has 4 rings (SSSR count). The summed E-state index contributed by atoms with van der Waals surface area (Å²) < 4.78 is 6.82. The molecule has 0 spiro atoms. The van der Waals surface area contributed by atoms with Crippen LogP contribution < -0.4 is 0 Å². The van der Waals surface area contributed by atoms with Gasteiger partial charge in [-0.1, -0.05) is 70.0 Å². The number of rotatable bonds is 11. The molecular formula is C36H51NOSi. The van der Waals surface area contributed by atoms with Gasteiger partial charge in [0.1, 0.15) is 0 Å². The maximum absolute atomic E-state index is 6.82. The molecule has 1 aliphatic carbocycles. The Labute approximate surface area is 239 Å². The van der Waals surface area contributed by atoms with Crippen molar-refractivity contribution in [2.75, 3.05) is 0 Å². The molecule has 0 radical (unpaired) electrons. The summed E-state index contributed by atoms with van der Waals surface area (Å²) in [7, 11) is -1.57. The van der Waals surface area contributed by atoms with Gasteiger partial charge in [0.05, 0.1) is 5.60 Å². The summed E-state index contributed by atoms with van der Waals surface area (Å²) in [5.41, 5.74) is 11.0. The van der Waals surface area contributed by atoms with Crippen LogP contribution in [0.25, 0.3) is 11.1 Å². The first-order valence-corrected chi connectivity index (χ1v) is 18.8. The van der Waals surface area contributed by atoms with Crippen molar-refractivity contribution in [2.24, 2.45) is 0 Å². The molecule has 1 aromatic heterocycles. The third kappa shape index (κ3) is 6.57. The average Bonchev–Trinajstić information content (AvgIpc) is 3.36. The van der Waals surface area contributed by atoms with Crippen LogP contribution in [0.4, 0.5) is 0 Å². The summed E-state index contributed by atoms with van der Waals surface area (Å²) in [5.74, 6) is 0. The zero-order valence-corrected chi connectivity index (χ0v) is 26.9. The number of aryl methyl sites for hydroxylation is 4. The average molecular weight is 542 g/mol. The summed E-state index contributed by atoms with van der Waals surface area (Å²) in [4.78, 5) is 4.50. The van der Waals surface area contributed by atoms with Gasteiger partial charge in [0.2, 0.25) is 0 Å². The number of benzene rings is 2. The summed E-state index contributed by atoms with van der Waals surface area (Å²) in [5, 5.41) is 0. The summed E-state index contributed by atoms with van der Waals surface area (Å²) >= 11 is 0.